The van der Waals surface area contributed by atoms with Crippen molar-refractivity contribution in [3.05, 3.63) is 51.0 Å². The number of hydrazone groups is 1. The lowest BCUT2D eigenvalue weighted by Gasteiger charge is -2.01. The van der Waals surface area contributed by atoms with Gasteiger partial charge in [-0.1, -0.05) is 12.1 Å². The highest BCUT2D eigenvalue weighted by Crippen LogP contribution is 2.16. The number of hydrogen-bond donors (Lipinski definition) is 1. The Morgan fingerprint density at radius 2 is 2.32 bits per heavy atom. The van der Waals surface area contributed by atoms with E-state index < -0.39 is 4.92 Å². The number of nitro benzene ring substituents is 1. The van der Waals surface area contributed by atoms with Crippen molar-refractivity contribution in [2.24, 2.45) is 5.10 Å². The SMILES string of the molecule is CC(=NNc1nc(C)cs1)c1cccc([N+](=O)[O-])c1. The van der Waals surface area contributed by atoms with Crippen LogP contribution in [0.4, 0.5) is 10.8 Å². The zero-order valence-electron chi connectivity index (χ0n) is 10.5. The predicted octanol–water partition coefficient (Wildman–Crippen LogP) is 3.20. The van der Waals surface area contributed by atoms with Gasteiger partial charge in [0.05, 0.1) is 16.3 Å². The average molecular weight is 276 g/mol. The standard InChI is InChI=1S/C12H12N4O2S/c1-8-7-19-12(13-8)15-14-9(2)10-4-3-5-11(6-10)16(17)18/h3-7H,1-2H3,(H,13,15). The van der Waals surface area contributed by atoms with Crippen LogP contribution in [-0.4, -0.2) is 15.6 Å². The van der Waals surface area contributed by atoms with Gasteiger partial charge in [-0.25, -0.2) is 4.98 Å². The number of aryl methyl sites for hydroxylation is 1. The second-order valence-corrected chi connectivity index (χ2v) is 4.77. The summed E-state index contributed by atoms with van der Waals surface area (Å²) in [6.07, 6.45) is 0. The molecular formula is C12H12N4O2S. The lowest BCUT2D eigenvalue weighted by Crippen LogP contribution is -2.00. The maximum absolute atomic E-state index is 10.7. The van der Waals surface area contributed by atoms with Crippen LogP contribution in [0.1, 0.15) is 18.2 Å². The van der Waals surface area contributed by atoms with Gasteiger partial charge in [-0.3, -0.25) is 15.5 Å². The number of nitrogens with one attached hydrogen (secondary N) is 1. The molecule has 7 heteroatoms. The Bertz CT molecular complexity index is 636. The first kappa shape index (κ1) is 13.2. The van der Waals surface area contributed by atoms with Crippen molar-refractivity contribution >= 4 is 27.9 Å². The number of non-ortho nitro benzene ring substituents is 1. The summed E-state index contributed by atoms with van der Waals surface area (Å²) in [5, 5.41) is 17.5. The smallest absolute Gasteiger partial charge is 0.258 e. The Labute approximate surface area is 114 Å². The molecule has 1 N–H and O–H groups in total. The van der Waals surface area contributed by atoms with Crippen LogP contribution in [-0.2, 0) is 0 Å². The van der Waals surface area contributed by atoms with Crippen LogP contribution in [0.3, 0.4) is 0 Å². The highest BCUT2D eigenvalue weighted by molar-refractivity contribution is 7.13. The summed E-state index contributed by atoms with van der Waals surface area (Å²) in [4.78, 5) is 14.5. The lowest BCUT2D eigenvalue weighted by molar-refractivity contribution is -0.384. The molecule has 0 radical (unpaired) electrons. The molecule has 0 spiro atoms. The predicted molar refractivity (Wildman–Crippen MR) is 75.8 cm³/mol. The Morgan fingerprint density at radius 3 is 2.95 bits per heavy atom. The second-order valence-electron chi connectivity index (χ2n) is 3.91. The summed E-state index contributed by atoms with van der Waals surface area (Å²) in [5.41, 5.74) is 5.18. The van der Waals surface area contributed by atoms with E-state index in [9.17, 15) is 10.1 Å². The molecule has 0 amide bonds. The summed E-state index contributed by atoms with van der Waals surface area (Å²) in [6, 6.07) is 6.36. The van der Waals surface area contributed by atoms with E-state index in [0.29, 0.717) is 16.4 Å². The van der Waals surface area contributed by atoms with Crippen molar-refractivity contribution < 1.29 is 4.92 Å². The first-order chi connectivity index (χ1) is 9.06. The van der Waals surface area contributed by atoms with Gasteiger partial charge < -0.3 is 0 Å². The van der Waals surface area contributed by atoms with Crippen molar-refractivity contribution in [3.8, 4) is 0 Å². The van der Waals surface area contributed by atoms with E-state index >= 15 is 0 Å². The molecule has 0 unspecified atom stereocenters. The average Bonchev–Trinajstić information content (AvgIpc) is 2.82. The van der Waals surface area contributed by atoms with Crippen LogP contribution >= 0.6 is 11.3 Å². The molecule has 0 aliphatic rings. The molecule has 98 valence electrons. The van der Waals surface area contributed by atoms with E-state index in [4.69, 9.17) is 0 Å². The molecule has 1 aromatic carbocycles. The highest BCUT2D eigenvalue weighted by atomic mass is 32.1. The zero-order chi connectivity index (χ0) is 13.8. The van der Waals surface area contributed by atoms with Gasteiger partial charge in [0.2, 0.25) is 5.13 Å². The monoisotopic (exact) mass is 276 g/mol. The third-order valence-electron chi connectivity index (χ3n) is 2.41. The fraction of sp³-hybridized carbons (Fsp3) is 0.167. The number of rotatable bonds is 4. The molecule has 6 nitrogen and oxygen atoms in total. The number of nitrogens with zero attached hydrogens (tertiary/aromatic N) is 3. The van der Waals surface area contributed by atoms with Gasteiger partial charge in [-0.15, -0.1) is 11.3 Å². The summed E-state index contributed by atoms with van der Waals surface area (Å²) >= 11 is 1.46. The van der Waals surface area contributed by atoms with Crippen molar-refractivity contribution in [1.82, 2.24) is 4.98 Å². The topological polar surface area (TPSA) is 80.4 Å². The van der Waals surface area contributed by atoms with Gasteiger partial charge in [-0.2, -0.15) is 5.10 Å². The van der Waals surface area contributed by atoms with Gasteiger partial charge in [0.1, 0.15) is 0 Å². The van der Waals surface area contributed by atoms with Crippen molar-refractivity contribution in [2.45, 2.75) is 13.8 Å². The molecule has 19 heavy (non-hydrogen) atoms. The highest BCUT2D eigenvalue weighted by Gasteiger charge is 2.07. The number of benzene rings is 1. The van der Waals surface area contributed by atoms with Gasteiger partial charge in [0, 0.05) is 23.1 Å². The summed E-state index contributed by atoms with van der Waals surface area (Å²) in [5.74, 6) is 0. The molecule has 0 saturated carbocycles. The summed E-state index contributed by atoms with van der Waals surface area (Å²) in [7, 11) is 0. The number of thiazole rings is 1. The fourth-order valence-electron chi connectivity index (χ4n) is 1.45. The van der Waals surface area contributed by atoms with Crippen LogP contribution < -0.4 is 5.43 Å². The van der Waals surface area contributed by atoms with Crippen molar-refractivity contribution in [3.63, 3.8) is 0 Å². The van der Waals surface area contributed by atoms with E-state index in [1.165, 1.54) is 23.5 Å². The maximum atomic E-state index is 10.7. The van der Waals surface area contributed by atoms with Crippen LogP contribution in [0.5, 0.6) is 0 Å². The first-order valence-corrected chi connectivity index (χ1v) is 6.41. The van der Waals surface area contributed by atoms with E-state index in [1.807, 2.05) is 12.3 Å². The molecule has 0 aliphatic carbocycles. The van der Waals surface area contributed by atoms with E-state index in [2.05, 4.69) is 15.5 Å². The zero-order valence-corrected chi connectivity index (χ0v) is 11.3. The third-order valence-corrected chi connectivity index (χ3v) is 3.28. The molecule has 2 rings (SSSR count). The first-order valence-electron chi connectivity index (χ1n) is 5.53. The molecule has 0 fully saturated rings. The maximum Gasteiger partial charge on any atom is 0.270 e. The number of anilines is 1. The van der Waals surface area contributed by atoms with Crippen LogP contribution in [0.15, 0.2) is 34.7 Å². The molecule has 0 bridgehead atoms. The molecule has 1 heterocycles. The second kappa shape index (κ2) is 5.57. The quantitative estimate of drug-likeness (QED) is 0.528. The number of hydrogen-bond acceptors (Lipinski definition) is 6. The van der Waals surface area contributed by atoms with Crippen LogP contribution in [0, 0.1) is 17.0 Å². The Hall–Kier alpha value is -2.28. The molecule has 0 atom stereocenters. The number of nitro groups is 1. The van der Waals surface area contributed by atoms with Crippen molar-refractivity contribution in [1.29, 1.82) is 0 Å². The van der Waals surface area contributed by atoms with Gasteiger partial charge in [0.25, 0.3) is 5.69 Å². The van der Waals surface area contributed by atoms with E-state index in [1.54, 1.807) is 19.1 Å². The minimum Gasteiger partial charge on any atom is -0.258 e. The van der Waals surface area contributed by atoms with Crippen LogP contribution in [0.2, 0.25) is 0 Å². The summed E-state index contributed by atoms with van der Waals surface area (Å²) in [6.45, 7) is 3.69. The largest absolute Gasteiger partial charge is 0.270 e. The minimum atomic E-state index is -0.422. The lowest BCUT2D eigenvalue weighted by atomic mass is 10.1. The third kappa shape index (κ3) is 3.35. The van der Waals surface area contributed by atoms with E-state index in [0.717, 1.165) is 5.69 Å². The van der Waals surface area contributed by atoms with Gasteiger partial charge in [0.15, 0.2) is 0 Å². The minimum absolute atomic E-state index is 0.0529. The Morgan fingerprint density at radius 1 is 1.53 bits per heavy atom. The van der Waals surface area contributed by atoms with E-state index in [-0.39, 0.29) is 5.69 Å². The molecular weight excluding hydrogens is 264 g/mol. The summed E-state index contributed by atoms with van der Waals surface area (Å²) < 4.78 is 0. The number of aromatic nitrogens is 1. The molecule has 2 aromatic rings. The van der Waals surface area contributed by atoms with Crippen LogP contribution in [0.25, 0.3) is 0 Å². The van der Waals surface area contributed by atoms with Crippen molar-refractivity contribution in [2.75, 3.05) is 5.43 Å². The molecule has 0 aliphatic heterocycles. The Balaban J connectivity index is 2.16. The Kier molecular flexibility index (Phi) is 3.86. The van der Waals surface area contributed by atoms with Gasteiger partial charge in [-0.05, 0) is 13.8 Å². The van der Waals surface area contributed by atoms with Gasteiger partial charge >= 0.3 is 0 Å². The molecule has 1 aromatic heterocycles. The molecule has 0 saturated heterocycles. The normalized spacial score (nSPS) is 11.4. The fourth-order valence-corrected chi connectivity index (χ4v) is 2.08.